The van der Waals surface area contributed by atoms with E-state index in [9.17, 15) is 4.79 Å². The van der Waals surface area contributed by atoms with Gasteiger partial charge in [-0.1, -0.05) is 43.3 Å². The maximum Gasteiger partial charge on any atom is 0.256 e. The molecule has 1 atom stereocenters. The Hall–Kier alpha value is -2.36. The van der Waals surface area contributed by atoms with Crippen LogP contribution in [-0.4, -0.2) is 18.4 Å². The SMILES string of the molecule is CCCN=C1NC(=O)C(C)(c2ccc3ccccc3c2)N1. The minimum atomic E-state index is -0.767. The fourth-order valence-electron chi connectivity index (χ4n) is 2.56. The van der Waals surface area contributed by atoms with E-state index in [4.69, 9.17) is 0 Å². The molecule has 108 valence electrons. The molecule has 1 saturated heterocycles. The Balaban J connectivity index is 1.98. The van der Waals surface area contributed by atoms with Crippen LogP contribution in [0.1, 0.15) is 25.8 Å². The van der Waals surface area contributed by atoms with Gasteiger partial charge in [-0.2, -0.15) is 0 Å². The van der Waals surface area contributed by atoms with E-state index in [1.54, 1.807) is 0 Å². The Bertz CT molecular complexity index is 723. The lowest BCUT2D eigenvalue weighted by Gasteiger charge is -2.22. The van der Waals surface area contributed by atoms with Crippen LogP contribution in [0.4, 0.5) is 0 Å². The van der Waals surface area contributed by atoms with Crippen LogP contribution in [0, 0.1) is 0 Å². The third-order valence-corrected chi connectivity index (χ3v) is 3.87. The molecule has 0 aliphatic carbocycles. The van der Waals surface area contributed by atoms with Gasteiger partial charge in [-0.3, -0.25) is 15.1 Å². The Morgan fingerprint density at radius 2 is 1.90 bits per heavy atom. The molecular formula is C17H19N3O. The lowest BCUT2D eigenvalue weighted by atomic mass is 9.90. The van der Waals surface area contributed by atoms with Crippen molar-refractivity contribution in [2.75, 3.05) is 6.54 Å². The van der Waals surface area contributed by atoms with E-state index in [1.165, 1.54) is 5.39 Å². The molecule has 4 nitrogen and oxygen atoms in total. The van der Waals surface area contributed by atoms with Gasteiger partial charge in [-0.25, -0.2) is 0 Å². The summed E-state index contributed by atoms with van der Waals surface area (Å²) in [6, 6.07) is 14.2. The van der Waals surface area contributed by atoms with Crippen molar-refractivity contribution in [3.63, 3.8) is 0 Å². The molecule has 1 amide bonds. The minimum absolute atomic E-state index is 0.0624. The fourth-order valence-corrected chi connectivity index (χ4v) is 2.56. The second-order valence-corrected chi connectivity index (χ2v) is 5.50. The monoisotopic (exact) mass is 281 g/mol. The van der Waals surface area contributed by atoms with Gasteiger partial charge in [-0.05, 0) is 35.7 Å². The molecule has 0 spiro atoms. The van der Waals surface area contributed by atoms with Crippen molar-refractivity contribution in [3.05, 3.63) is 48.0 Å². The number of aliphatic imine (C=N–C) groups is 1. The quantitative estimate of drug-likeness (QED) is 0.908. The van der Waals surface area contributed by atoms with Gasteiger partial charge < -0.3 is 5.32 Å². The number of guanidine groups is 1. The zero-order valence-corrected chi connectivity index (χ0v) is 12.3. The van der Waals surface area contributed by atoms with Crippen LogP contribution in [0.5, 0.6) is 0 Å². The standard InChI is InChI=1S/C17H19N3O/c1-3-10-18-16-19-15(21)17(2,20-16)14-9-8-12-6-4-5-7-13(12)11-14/h4-9,11H,3,10H2,1-2H3,(H2,18,19,20,21). The van der Waals surface area contributed by atoms with Crippen LogP contribution in [0.2, 0.25) is 0 Å². The van der Waals surface area contributed by atoms with Crippen LogP contribution in [0.15, 0.2) is 47.5 Å². The summed E-state index contributed by atoms with van der Waals surface area (Å²) in [4.78, 5) is 16.7. The molecule has 0 bridgehead atoms. The first-order valence-electron chi connectivity index (χ1n) is 7.27. The van der Waals surface area contributed by atoms with E-state index in [0.29, 0.717) is 12.5 Å². The molecule has 0 radical (unpaired) electrons. The van der Waals surface area contributed by atoms with E-state index in [0.717, 1.165) is 17.4 Å². The van der Waals surface area contributed by atoms with E-state index in [2.05, 4.69) is 40.7 Å². The summed E-state index contributed by atoms with van der Waals surface area (Å²) in [5.74, 6) is 0.505. The van der Waals surface area contributed by atoms with Gasteiger partial charge in [0.25, 0.3) is 5.91 Å². The van der Waals surface area contributed by atoms with Crippen LogP contribution in [0.3, 0.4) is 0 Å². The van der Waals surface area contributed by atoms with Crippen molar-refractivity contribution in [3.8, 4) is 0 Å². The molecule has 1 fully saturated rings. The molecule has 0 aromatic heterocycles. The lowest BCUT2D eigenvalue weighted by Crippen LogP contribution is -2.40. The molecule has 0 saturated carbocycles. The predicted octanol–water partition coefficient (Wildman–Crippen LogP) is 2.54. The van der Waals surface area contributed by atoms with E-state index in [1.807, 2.05) is 31.2 Å². The number of carbonyl (C=O) groups is 1. The van der Waals surface area contributed by atoms with Crippen molar-refractivity contribution < 1.29 is 4.79 Å². The lowest BCUT2D eigenvalue weighted by molar-refractivity contribution is -0.123. The van der Waals surface area contributed by atoms with Crippen LogP contribution >= 0.6 is 0 Å². The number of hydrogen-bond donors (Lipinski definition) is 2. The summed E-state index contributed by atoms with van der Waals surface area (Å²) in [6.45, 7) is 4.65. The smallest absolute Gasteiger partial charge is 0.256 e. The van der Waals surface area contributed by atoms with Crippen molar-refractivity contribution in [2.24, 2.45) is 4.99 Å². The number of rotatable bonds is 3. The number of amides is 1. The van der Waals surface area contributed by atoms with Crippen molar-refractivity contribution in [2.45, 2.75) is 25.8 Å². The zero-order valence-electron chi connectivity index (χ0n) is 12.3. The van der Waals surface area contributed by atoms with E-state index >= 15 is 0 Å². The molecule has 4 heteroatoms. The number of fused-ring (bicyclic) bond motifs is 1. The highest BCUT2D eigenvalue weighted by Gasteiger charge is 2.42. The number of carbonyl (C=O) groups excluding carboxylic acids is 1. The van der Waals surface area contributed by atoms with E-state index < -0.39 is 5.54 Å². The van der Waals surface area contributed by atoms with Gasteiger partial charge in [0.2, 0.25) is 0 Å². The third kappa shape index (κ3) is 2.37. The highest BCUT2D eigenvalue weighted by Crippen LogP contribution is 2.27. The van der Waals surface area contributed by atoms with Gasteiger partial charge in [0.1, 0.15) is 5.54 Å². The highest BCUT2D eigenvalue weighted by molar-refractivity contribution is 6.09. The normalized spacial score (nSPS) is 23.3. The zero-order chi connectivity index (χ0) is 14.9. The molecule has 2 aromatic rings. The number of nitrogens with zero attached hydrogens (tertiary/aromatic N) is 1. The second kappa shape index (κ2) is 5.20. The van der Waals surface area contributed by atoms with Gasteiger partial charge >= 0.3 is 0 Å². The van der Waals surface area contributed by atoms with Gasteiger partial charge in [0.05, 0.1) is 0 Å². The first-order valence-corrected chi connectivity index (χ1v) is 7.27. The van der Waals surface area contributed by atoms with Crippen molar-refractivity contribution >= 4 is 22.6 Å². The first-order chi connectivity index (χ1) is 10.1. The third-order valence-electron chi connectivity index (χ3n) is 3.87. The maximum absolute atomic E-state index is 12.4. The van der Waals surface area contributed by atoms with E-state index in [-0.39, 0.29) is 5.91 Å². The predicted molar refractivity (Wildman–Crippen MR) is 85.2 cm³/mol. The van der Waals surface area contributed by atoms with Gasteiger partial charge in [0.15, 0.2) is 5.96 Å². The highest BCUT2D eigenvalue weighted by atomic mass is 16.2. The summed E-state index contributed by atoms with van der Waals surface area (Å²) in [5.41, 5.74) is 0.178. The maximum atomic E-state index is 12.4. The van der Waals surface area contributed by atoms with Gasteiger partial charge in [-0.15, -0.1) is 0 Å². The second-order valence-electron chi connectivity index (χ2n) is 5.50. The van der Waals surface area contributed by atoms with Crippen LogP contribution < -0.4 is 10.6 Å². The molecule has 1 heterocycles. The Kier molecular flexibility index (Phi) is 3.37. The summed E-state index contributed by atoms with van der Waals surface area (Å²) >= 11 is 0. The summed E-state index contributed by atoms with van der Waals surface area (Å²) in [7, 11) is 0. The Morgan fingerprint density at radius 3 is 2.67 bits per heavy atom. The molecule has 1 unspecified atom stereocenters. The average Bonchev–Trinajstić information content (AvgIpc) is 2.80. The Morgan fingerprint density at radius 1 is 1.14 bits per heavy atom. The largest absolute Gasteiger partial charge is 0.338 e. The number of benzene rings is 2. The van der Waals surface area contributed by atoms with Crippen LogP contribution in [-0.2, 0) is 10.3 Å². The summed E-state index contributed by atoms with van der Waals surface area (Å²) in [5, 5.41) is 8.35. The molecular weight excluding hydrogens is 262 g/mol. The molecule has 1 aliphatic heterocycles. The van der Waals surface area contributed by atoms with Crippen molar-refractivity contribution in [1.82, 2.24) is 10.6 Å². The van der Waals surface area contributed by atoms with Crippen LogP contribution in [0.25, 0.3) is 10.8 Å². The fraction of sp³-hybridized carbons (Fsp3) is 0.294. The molecule has 2 N–H and O–H groups in total. The summed E-state index contributed by atoms with van der Waals surface area (Å²) in [6.07, 6.45) is 0.952. The Labute approximate surface area is 124 Å². The number of nitrogens with one attached hydrogen (secondary N) is 2. The molecule has 2 aromatic carbocycles. The first kappa shape index (κ1) is 13.6. The molecule has 1 aliphatic rings. The topological polar surface area (TPSA) is 53.5 Å². The number of hydrogen-bond acceptors (Lipinski definition) is 2. The van der Waals surface area contributed by atoms with Gasteiger partial charge in [0, 0.05) is 6.54 Å². The average molecular weight is 281 g/mol. The van der Waals surface area contributed by atoms with Crippen molar-refractivity contribution in [1.29, 1.82) is 0 Å². The molecule has 21 heavy (non-hydrogen) atoms. The minimum Gasteiger partial charge on any atom is -0.338 e. The summed E-state index contributed by atoms with van der Waals surface area (Å²) < 4.78 is 0. The molecule has 3 rings (SSSR count).